The van der Waals surface area contributed by atoms with E-state index in [1.165, 1.54) is 5.56 Å². The van der Waals surface area contributed by atoms with Crippen molar-refractivity contribution < 1.29 is 0 Å². The predicted octanol–water partition coefficient (Wildman–Crippen LogP) is 3.08. The topological polar surface area (TPSA) is 0 Å². The quantitative estimate of drug-likeness (QED) is 0.634. The molecule has 0 aliphatic heterocycles. The molecule has 0 unspecified atom stereocenters. The average Bonchev–Trinajstić information content (AvgIpc) is 2.34. The molecule has 0 saturated heterocycles. The molecule has 0 amide bonds. The van der Waals surface area contributed by atoms with Gasteiger partial charge in [0.1, 0.15) is 0 Å². The maximum absolute atomic E-state index is 2.13. The zero-order valence-electron chi connectivity index (χ0n) is 5.20. The molecule has 1 rings (SSSR count). The van der Waals surface area contributed by atoms with Gasteiger partial charge in [-0.1, -0.05) is 0 Å². The summed E-state index contributed by atoms with van der Waals surface area (Å²) >= 11 is 3.45. The molecule has 2 heteroatoms. The molecule has 0 fully saturated rings. The van der Waals surface area contributed by atoms with E-state index in [-0.39, 0.29) is 0 Å². The second-order valence-corrected chi connectivity index (χ2v) is 3.12. The number of thiophene rings is 1. The monoisotopic (exact) mass is 156 g/mol. The molecule has 0 atom stereocenters. The van der Waals surface area contributed by atoms with Crippen LogP contribution in [-0.4, -0.2) is 6.26 Å². The first-order valence-electron chi connectivity index (χ1n) is 2.65. The maximum Gasteiger partial charge on any atom is -0.00206 e. The fourth-order valence-corrected chi connectivity index (χ4v) is 1.44. The minimum Gasteiger partial charge on any atom is -0.152 e. The molecule has 1 aromatic heterocycles. The Balaban J connectivity index is 2.57. The Morgan fingerprint density at radius 3 is 3.11 bits per heavy atom. The Morgan fingerprint density at radius 2 is 2.56 bits per heavy atom. The predicted molar refractivity (Wildman–Crippen MR) is 46.9 cm³/mol. The molecule has 0 aromatic carbocycles. The second-order valence-electron chi connectivity index (χ2n) is 1.60. The molecule has 1 heterocycles. The summed E-state index contributed by atoms with van der Waals surface area (Å²) in [5, 5.41) is 6.30. The van der Waals surface area contributed by atoms with Gasteiger partial charge in [-0.15, -0.1) is 11.8 Å². The summed E-state index contributed by atoms with van der Waals surface area (Å²) in [7, 11) is 0. The van der Waals surface area contributed by atoms with Crippen molar-refractivity contribution in [3.63, 3.8) is 0 Å². The third-order valence-electron chi connectivity index (χ3n) is 0.940. The minimum absolute atomic E-state index is 1.30. The van der Waals surface area contributed by atoms with E-state index in [1.807, 2.05) is 0 Å². The highest BCUT2D eigenvalue weighted by molar-refractivity contribution is 8.01. The highest BCUT2D eigenvalue weighted by Gasteiger charge is 1.81. The van der Waals surface area contributed by atoms with Crippen LogP contribution in [0, 0.1) is 0 Å². The van der Waals surface area contributed by atoms with Crippen LogP contribution in [0.1, 0.15) is 5.56 Å². The fraction of sp³-hybridized carbons (Fsp3) is 0.143. The molecule has 9 heavy (non-hydrogen) atoms. The largest absolute Gasteiger partial charge is 0.152 e. The summed E-state index contributed by atoms with van der Waals surface area (Å²) in [6, 6.07) is 2.11. The molecule has 0 aliphatic carbocycles. The minimum atomic E-state index is 1.30. The Kier molecular flexibility index (Phi) is 2.87. The van der Waals surface area contributed by atoms with Crippen LogP contribution < -0.4 is 0 Å². The molecule has 0 spiro atoms. The number of hydrogen-bond acceptors (Lipinski definition) is 2. The summed E-state index contributed by atoms with van der Waals surface area (Å²) < 4.78 is 0. The first kappa shape index (κ1) is 6.90. The third-order valence-corrected chi connectivity index (χ3v) is 2.05. The number of thioether (sulfide) groups is 1. The molecule has 0 aliphatic rings. The normalized spacial score (nSPS) is 10.8. The summed E-state index contributed by atoms with van der Waals surface area (Å²) in [6.45, 7) is 0. The van der Waals surface area contributed by atoms with Crippen LogP contribution in [0.4, 0.5) is 0 Å². The molecule has 0 N–H and O–H groups in total. The van der Waals surface area contributed by atoms with Crippen molar-refractivity contribution in [2.24, 2.45) is 0 Å². The van der Waals surface area contributed by atoms with Crippen molar-refractivity contribution in [1.29, 1.82) is 0 Å². The zero-order valence-corrected chi connectivity index (χ0v) is 6.84. The highest BCUT2D eigenvalue weighted by atomic mass is 32.2. The maximum atomic E-state index is 2.13. The van der Waals surface area contributed by atoms with Gasteiger partial charge < -0.3 is 0 Å². The van der Waals surface area contributed by atoms with Gasteiger partial charge in [0.15, 0.2) is 0 Å². The Labute approximate surface area is 63.6 Å². The van der Waals surface area contributed by atoms with Crippen LogP contribution in [0.15, 0.2) is 22.2 Å². The average molecular weight is 156 g/mol. The molecular formula is C7H8S2. The van der Waals surface area contributed by atoms with Crippen molar-refractivity contribution in [3.05, 3.63) is 27.8 Å². The summed E-state index contributed by atoms with van der Waals surface area (Å²) in [4.78, 5) is 0. The van der Waals surface area contributed by atoms with E-state index in [4.69, 9.17) is 0 Å². The van der Waals surface area contributed by atoms with E-state index in [0.717, 1.165) is 0 Å². The number of rotatable bonds is 2. The van der Waals surface area contributed by atoms with E-state index < -0.39 is 0 Å². The fourth-order valence-electron chi connectivity index (χ4n) is 0.516. The lowest BCUT2D eigenvalue weighted by molar-refractivity contribution is 1.90. The van der Waals surface area contributed by atoms with E-state index in [0.29, 0.717) is 0 Å². The van der Waals surface area contributed by atoms with Crippen LogP contribution in [-0.2, 0) is 0 Å². The van der Waals surface area contributed by atoms with Crippen molar-refractivity contribution in [2.45, 2.75) is 0 Å². The van der Waals surface area contributed by atoms with Gasteiger partial charge in [0.05, 0.1) is 0 Å². The number of hydrogen-bond donors (Lipinski definition) is 0. The molecule has 48 valence electrons. The first-order valence-corrected chi connectivity index (χ1v) is 4.88. The van der Waals surface area contributed by atoms with Crippen molar-refractivity contribution >= 4 is 29.2 Å². The van der Waals surface area contributed by atoms with E-state index >= 15 is 0 Å². The van der Waals surface area contributed by atoms with Crippen LogP contribution in [0.25, 0.3) is 6.08 Å². The molecule has 0 nitrogen and oxygen atoms in total. The highest BCUT2D eigenvalue weighted by Crippen LogP contribution is 2.09. The van der Waals surface area contributed by atoms with Gasteiger partial charge in [-0.05, 0) is 40.1 Å². The van der Waals surface area contributed by atoms with E-state index in [9.17, 15) is 0 Å². The van der Waals surface area contributed by atoms with Crippen LogP contribution in [0.3, 0.4) is 0 Å². The summed E-state index contributed by atoms with van der Waals surface area (Å²) in [5.74, 6) is 0. The lowest BCUT2D eigenvalue weighted by Gasteiger charge is -1.78. The molecule has 0 bridgehead atoms. The molecule has 1 aromatic rings. The van der Waals surface area contributed by atoms with Gasteiger partial charge in [-0.3, -0.25) is 0 Å². The van der Waals surface area contributed by atoms with Gasteiger partial charge >= 0.3 is 0 Å². The standard InChI is InChI=1S/C7H8S2/c1-8-4-2-7-3-5-9-6-7/h2-6H,1H3. The molecule has 0 radical (unpaired) electrons. The van der Waals surface area contributed by atoms with Gasteiger partial charge in [-0.25, -0.2) is 0 Å². The third kappa shape index (κ3) is 2.24. The van der Waals surface area contributed by atoms with Crippen molar-refractivity contribution in [1.82, 2.24) is 0 Å². The van der Waals surface area contributed by atoms with Crippen LogP contribution in [0.2, 0.25) is 0 Å². The van der Waals surface area contributed by atoms with Gasteiger partial charge in [-0.2, -0.15) is 11.3 Å². The SMILES string of the molecule is CSC=Cc1ccsc1. The lowest BCUT2D eigenvalue weighted by Crippen LogP contribution is -1.54. The van der Waals surface area contributed by atoms with E-state index in [2.05, 4.69) is 34.6 Å². The Morgan fingerprint density at radius 1 is 1.67 bits per heavy atom. The second kappa shape index (κ2) is 3.75. The van der Waals surface area contributed by atoms with Crippen molar-refractivity contribution in [2.75, 3.05) is 6.26 Å². The van der Waals surface area contributed by atoms with Gasteiger partial charge in [0, 0.05) is 0 Å². The Hall–Kier alpha value is -0.210. The van der Waals surface area contributed by atoms with Crippen LogP contribution in [0.5, 0.6) is 0 Å². The zero-order chi connectivity index (χ0) is 6.53. The van der Waals surface area contributed by atoms with Crippen LogP contribution >= 0.6 is 23.1 Å². The lowest BCUT2D eigenvalue weighted by atomic mass is 10.3. The first-order chi connectivity index (χ1) is 4.43. The summed E-state index contributed by atoms with van der Waals surface area (Å²) in [5.41, 5.74) is 1.30. The van der Waals surface area contributed by atoms with Crippen molar-refractivity contribution in [3.8, 4) is 0 Å². The van der Waals surface area contributed by atoms with E-state index in [1.54, 1.807) is 23.1 Å². The van der Waals surface area contributed by atoms with Gasteiger partial charge in [0.25, 0.3) is 0 Å². The summed E-state index contributed by atoms with van der Waals surface area (Å²) in [6.07, 6.45) is 4.17. The Bertz CT molecular complexity index is 175. The van der Waals surface area contributed by atoms with Gasteiger partial charge in [0.2, 0.25) is 0 Å². The molecular weight excluding hydrogens is 148 g/mol. The molecule has 0 saturated carbocycles. The smallest absolute Gasteiger partial charge is 0.00206 e.